The number of ether oxygens (including phenoxy) is 1. The van der Waals surface area contributed by atoms with Crippen molar-refractivity contribution >= 4 is 40.1 Å². The topological polar surface area (TPSA) is 67.4 Å². The number of amides is 2. The van der Waals surface area contributed by atoms with Crippen LogP contribution in [0.25, 0.3) is 0 Å². The second-order valence-corrected chi connectivity index (χ2v) is 7.94. The molecule has 0 saturated heterocycles. The highest BCUT2D eigenvalue weighted by Gasteiger charge is 2.22. The summed E-state index contributed by atoms with van der Waals surface area (Å²) in [6, 6.07) is 15.1. The molecule has 0 bridgehead atoms. The van der Waals surface area contributed by atoms with Gasteiger partial charge >= 0.3 is 0 Å². The van der Waals surface area contributed by atoms with Gasteiger partial charge in [-0.1, -0.05) is 25.0 Å². The Morgan fingerprint density at radius 1 is 1.07 bits per heavy atom. The van der Waals surface area contributed by atoms with E-state index in [1.54, 1.807) is 0 Å². The molecule has 27 heavy (non-hydrogen) atoms. The molecule has 2 aromatic carbocycles. The van der Waals surface area contributed by atoms with Crippen molar-refractivity contribution in [3.63, 3.8) is 0 Å². The lowest BCUT2D eigenvalue weighted by atomic mass is 10.1. The zero-order chi connectivity index (χ0) is 19.1. The van der Waals surface area contributed by atoms with Crippen LogP contribution in [-0.2, 0) is 16.1 Å². The van der Waals surface area contributed by atoms with Gasteiger partial charge in [0.2, 0.25) is 5.91 Å². The van der Waals surface area contributed by atoms with Crippen molar-refractivity contribution in [3.8, 4) is 5.75 Å². The first kappa shape index (κ1) is 19.7. The summed E-state index contributed by atoms with van der Waals surface area (Å²) in [7, 11) is 0. The molecule has 5 nitrogen and oxygen atoms in total. The van der Waals surface area contributed by atoms with Gasteiger partial charge in [-0.15, -0.1) is 0 Å². The van der Waals surface area contributed by atoms with E-state index in [-0.39, 0.29) is 24.3 Å². The number of carbonyl (C=O) groups excluding carboxylic acids is 2. The van der Waals surface area contributed by atoms with Crippen LogP contribution in [0.2, 0.25) is 0 Å². The Balaban J connectivity index is 1.45. The number of hydrogen-bond acceptors (Lipinski definition) is 3. The number of rotatable bonds is 7. The summed E-state index contributed by atoms with van der Waals surface area (Å²) in [5, 5.41) is 5.82. The molecule has 0 heterocycles. The minimum Gasteiger partial charge on any atom is -0.484 e. The SMILES string of the molecule is O=C(COc1ccc(I)cc1)NCc1cccc(NC(=O)C2CCCC2)c1. The number of anilines is 1. The molecule has 2 N–H and O–H groups in total. The molecular weight excluding hydrogens is 455 g/mol. The van der Waals surface area contributed by atoms with Crippen LogP contribution in [0.1, 0.15) is 31.2 Å². The number of benzene rings is 2. The van der Waals surface area contributed by atoms with Crippen LogP contribution in [0.5, 0.6) is 5.75 Å². The van der Waals surface area contributed by atoms with E-state index >= 15 is 0 Å². The van der Waals surface area contributed by atoms with Gasteiger partial charge in [-0.25, -0.2) is 0 Å². The Bertz CT molecular complexity index is 786. The lowest BCUT2D eigenvalue weighted by Gasteiger charge is -2.12. The Hall–Kier alpha value is -2.09. The molecule has 0 aromatic heterocycles. The summed E-state index contributed by atoms with van der Waals surface area (Å²) in [6.45, 7) is 0.362. The van der Waals surface area contributed by atoms with Gasteiger partial charge in [0.1, 0.15) is 5.75 Å². The van der Waals surface area contributed by atoms with E-state index in [9.17, 15) is 9.59 Å². The molecule has 2 aromatic rings. The van der Waals surface area contributed by atoms with Crippen LogP contribution in [0.4, 0.5) is 5.69 Å². The molecule has 1 fully saturated rings. The number of halogens is 1. The van der Waals surface area contributed by atoms with E-state index in [1.807, 2.05) is 48.5 Å². The van der Waals surface area contributed by atoms with Crippen molar-refractivity contribution in [2.45, 2.75) is 32.2 Å². The Labute approximate surface area is 173 Å². The Morgan fingerprint density at radius 3 is 2.56 bits per heavy atom. The molecule has 0 unspecified atom stereocenters. The van der Waals surface area contributed by atoms with Crippen molar-refractivity contribution in [1.29, 1.82) is 0 Å². The number of hydrogen-bond donors (Lipinski definition) is 2. The number of carbonyl (C=O) groups is 2. The van der Waals surface area contributed by atoms with E-state index in [0.717, 1.165) is 40.5 Å². The first-order valence-electron chi connectivity index (χ1n) is 9.15. The first-order valence-corrected chi connectivity index (χ1v) is 10.2. The summed E-state index contributed by atoms with van der Waals surface area (Å²) >= 11 is 2.22. The molecule has 0 atom stereocenters. The van der Waals surface area contributed by atoms with Crippen molar-refractivity contribution < 1.29 is 14.3 Å². The smallest absolute Gasteiger partial charge is 0.258 e. The molecular formula is C21H23IN2O3. The number of nitrogens with one attached hydrogen (secondary N) is 2. The van der Waals surface area contributed by atoms with Gasteiger partial charge in [0.15, 0.2) is 6.61 Å². The quantitative estimate of drug-likeness (QED) is 0.589. The molecule has 6 heteroatoms. The molecule has 1 saturated carbocycles. The van der Waals surface area contributed by atoms with Gasteiger partial charge in [-0.2, -0.15) is 0 Å². The Morgan fingerprint density at radius 2 is 1.81 bits per heavy atom. The maximum absolute atomic E-state index is 12.2. The van der Waals surface area contributed by atoms with Crippen LogP contribution in [-0.4, -0.2) is 18.4 Å². The van der Waals surface area contributed by atoms with Crippen LogP contribution >= 0.6 is 22.6 Å². The van der Waals surface area contributed by atoms with Gasteiger partial charge in [0.25, 0.3) is 5.91 Å². The lowest BCUT2D eigenvalue weighted by molar-refractivity contribution is -0.123. The summed E-state index contributed by atoms with van der Waals surface area (Å²) in [5.74, 6) is 0.711. The van der Waals surface area contributed by atoms with E-state index < -0.39 is 0 Å². The molecule has 2 amide bonds. The highest BCUT2D eigenvalue weighted by atomic mass is 127. The Kier molecular flexibility index (Phi) is 7.09. The normalized spacial score (nSPS) is 14.0. The second-order valence-electron chi connectivity index (χ2n) is 6.69. The highest BCUT2D eigenvalue weighted by Crippen LogP contribution is 2.26. The fourth-order valence-corrected chi connectivity index (χ4v) is 3.48. The van der Waals surface area contributed by atoms with Crippen molar-refractivity contribution in [2.75, 3.05) is 11.9 Å². The predicted octanol–water partition coefficient (Wildman–Crippen LogP) is 4.12. The molecule has 3 rings (SSSR count). The van der Waals surface area contributed by atoms with Gasteiger partial charge in [-0.05, 0) is 77.4 Å². The van der Waals surface area contributed by atoms with E-state index in [4.69, 9.17) is 4.74 Å². The maximum atomic E-state index is 12.2. The van der Waals surface area contributed by atoms with Gasteiger partial charge < -0.3 is 15.4 Å². The first-order chi connectivity index (χ1) is 13.1. The van der Waals surface area contributed by atoms with Crippen LogP contribution in [0.15, 0.2) is 48.5 Å². The zero-order valence-electron chi connectivity index (χ0n) is 15.0. The minimum atomic E-state index is -0.186. The second kappa shape index (κ2) is 9.73. The predicted molar refractivity (Wildman–Crippen MR) is 114 cm³/mol. The molecule has 1 aliphatic carbocycles. The minimum absolute atomic E-state index is 0.0291. The summed E-state index contributed by atoms with van der Waals surface area (Å²) in [4.78, 5) is 24.2. The fraction of sp³-hybridized carbons (Fsp3) is 0.333. The maximum Gasteiger partial charge on any atom is 0.258 e. The lowest BCUT2D eigenvalue weighted by Crippen LogP contribution is -2.28. The van der Waals surface area contributed by atoms with Gasteiger partial charge in [0, 0.05) is 21.7 Å². The van der Waals surface area contributed by atoms with Crippen LogP contribution in [0, 0.1) is 9.49 Å². The third kappa shape index (κ3) is 6.23. The standard InChI is InChI=1S/C21H23IN2O3/c22-17-8-10-19(11-9-17)27-14-20(25)23-13-15-4-3-7-18(12-15)24-21(26)16-5-1-2-6-16/h3-4,7-12,16H,1-2,5-6,13-14H2,(H,23,25)(H,24,26). The van der Waals surface area contributed by atoms with Crippen molar-refractivity contribution in [1.82, 2.24) is 5.32 Å². The third-order valence-corrected chi connectivity index (χ3v) is 5.31. The summed E-state index contributed by atoms with van der Waals surface area (Å²) in [6.07, 6.45) is 4.22. The van der Waals surface area contributed by atoms with E-state index in [1.165, 1.54) is 0 Å². The largest absolute Gasteiger partial charge is 0.484 e. The molecule has 1 aliphatic rings. The molecule has 142 valence electrons. The average molecular weight is 478 g/mol. The monoisotopic (exact) mass is 478 g/mol. The molecule has 0 spiro atoms. The summed E-state index contributed by atoms with van der Waals surface area (Å²) in [5.41, 5.74) is 1.70. The third-order valence-electron chi connectivity index (χ3n) is 4.59. The highest BCUT2D eigenvalue weighted by molar-refractivity contribution is 14.1. The zero-order valence-corrected chi connectivity index (χ0v) is 17.2. The van der Waals surface area contributed by atoms with E-state index in [0.29, 0.717) is 12.3 Å². The van der Waals surface area contributed by atoms with E-state index in [2.05, 4.69) is 33.2 Å². The molecule has 0 aliphatic heterocycles. The van der Waals surface area contributed by atoms with Crippen LogP contribution < -0.4 is 15.4 Å². The van der Waals surface area contributed by atoms with Crippen molar-refractivity contribution in [3.05, 3.63) is 57.7 Å². The fourth-order valence-electron chi connectivity index (χ4n) is 3.12. The van der Waals surface area contributed by atoms with Crippen molar-refractivity contribution in [2.24, 2.45) is 5.92 Å². The van der Waals surface area contributed by atoms with Crippen LogP contribution in [0.3, 0.4) is 0 Å². The molecule has 0 radical (unpaired) electrons. The summed E-state index contributed by atoms with van der Waals surface area (Å²) < 4.78 is 6.59. The van der Waals surface area contributed by atoms with Gasteiger partial charge in [-0.3, -0.25) is 9.59 Å². The van der Waals surface area contributed by atoms with Gasteiger partial charge in [0.05, 0.1) is 0 Å². The average Bonchev–Trinajstić information content (AvgIpc) is 3.21.